The maximum absolute atomic E-state index is 10.6. The summed E-state index contributed by atoms with van der Waals surface area (Å²) >= 11 is 0. The number of anilines is 1. The van der Waals surface area contributed by atoms with Gasteiger partial charge in [-0.05, 0) is 12.5 Å². The van der Waals surface area contributed by atoms with Gasteiger partial charge in [-0.25, -0.2) is 4.98 Å². The third-order valence-electron chi connectivity index (χ3n) is 1.99. The number of hydrogen-bond donors (Lipinski definition) is 0. The van der Waals surface area contributed by atoms with Crippen LogP contribution in [-0.4, -0.2) is 24.0 Å². The van der Waals surface area contributed by atoms with E-state index in [0.29, 0.717) is 12.0 Å². The van der Waals surface area contributed by atoms with Crippen LogP contribution in [0.15, 0.2) is 12.3 Å². The molecule has 1 rings (SSSR count). The molecule has 0 fully saturated rings. The molecule has 14 heavy (non-hydrogen) atoms. The summed E-state index contributed by atoms with van der Waals surface area (Å²) in [5.74, 6) is 0.743. The quantitative estimate of drug-likeness (QED) is 0.543. The zero-order valence-electron chi connectivity index (χ0n) is 8.52. The Hall–Kier alpha value is -1.65. The van der Waals surface area contributed by atoms with Crippen molar-refractivity contribution in [2.75, 3.05) is 19.0 Å². The van der Waals surface area contributed by atoms with Crippen molar-refractivity contribution in [1.82, 2.24) is 4.98 Å². The van der Waals surface area contributed by atoms with E-state index in [1.165, 1.54) is 6.20 Å². The van der Waals surface area contributed by atoms with Crippen LogP contribution in [-0.2, 0) is 6.42 Å². The highest BCUT2D eigenvalue weighted by Crippen LogP contribution is 2.21. The standard InChI is InChI=1S/C9H13N3O2/c1-4-7-5-9(11(2)3)10-6-8(7)12(13)14/h5-6H,4H2,1-3H3. The fourth-order valence-corrected chi connectivity index (χ4v) is 1.17. The number of rotatable bonds is 3. The molecule has 5 heteroatoms. The van der Waals surface area contributed by atoms with Crippen molar-refractivity contribution in [3.63, 3.8) is 0 Å². The molecule has 0 aromatic carbocycles. The van der Waals surface area contributed by atoms with E-state index in [9.17, 15) is 10.1 Å². The monoisotopic (exact) mass is 195 g/mol. The second-order valence-electron chi connectivity index (χ2n) is 3.18. The lowest BCUT2D eigenvalue weighted by molar-refractivity contribution is -0.385. The first-order chi connectivity index (χ1) is 6.56. The number of hydrogen-bond acceptors (Lipinski definition) is 4. The van der Waals surface area contributed by atoms with Gasteiger partial charge in [0.15, 0.2) is 0 Å². The molecule has 0 N–H and O–H groups in total. The van der Waals surface area contributed by atoms with Crippen molar-refractivity contribution in [2.24, 2.45) is 0 Å². The molecule has 0 saturated heterocycles. The molecule has 0 atom stereocenters. The molecule has 0 aliphatic heterocycles. The van der Waals surface area contributed by atoms with Crippen LogP contribution < -0.4 is 4.90 Å². The number of nitro groups is 1. The summed E-state index contributed by atoms with van der Waals surface area (Å²) < 4.78 is 0. The molecule has 5 nitrogen and oxygen atoms in total. The Morgan fingerprint density at radius 2 is 2.21 bits per heavy atom. The summed E-state index contributed by atoms with van der Waals surface area (Å²) in [7, 11) is 3.71. The third kappa shape index (κ3) is 1.99. The van der Waals surface area contributed by atoms with Crippen molar-refractivity contribution in [2.45, 2.75) is 13.3 Å². The lowest BCUT2D eigenvalue weighted by atomic mass is 10.2. The van der Waals surface area contributed by atoms with Gasteiger partial charge in [0.2, 0.25) is 0 Å². The Bertz CT molecular complexity index is 350. The Balaban J connectivity index is 3.18. The Labute approximate surface area is 82.5 Å². The van der Waals surface area contributed by atoms with E-state index < -0.39 is 4.92 Å². The first kappa shape index (κ1) is 10.4. The van der Waals surface area contributed by atoms with Gasteiger partial charge in [-0.3, -0.25) is 10.1 Å². The molecule has 1 aromatic heterocycles. The first-order valence-corrected chi connectivity index (χ1v) is 4.37. The van der Waals surface area contributed by atoms with Crippen molar-refractivity contribution >= 4 is 11.5 Å². The Morgan fingerprint density at radius 1 is 1.57 bits per heavy atom. The highest BCUT2D eigenvalue weighted by molar-refractivity contribution is 5.48. The topological polar surface area (TPSA) is 59.3 Å². The first-order valence-electron chi connectivity index (χ1n) is 4.37. The summed E-state index contributed by atoms with van der Waals surface area (Å²) in [5.41, 5.74) is 0.812. The van der Waals surface area contributed by atoms with Gasteiger partial charge in [0.05, 0.1) is 4.92 Å². The number of pyridine rings is 1. The summed E-state index contributed by atoms with van der Waals surface area (Å²) in [6.07, 6.45) is 1.95. The van der Waals surface area contributed by atoms with Crippen molar-refractivity contribution < 1.29 is 4.92 Å². The summed E-state index contributed by atoms with van der Waals surface area (Å²) in [5, 5.41) is 10.6. The second kappa shape index (κ2) is 4.04. The van der Waals surface area contributed by atoms with Gasteiger partial charge in [0.1, 0.15) is 12.0 Å². The van der Waals surface area contributed by atoms with Crippen molar-refractivity contribution in [1.29, 1.82) is 0 Å². The van der Waals surface area contributed by atoms with Crippen LogP contribution in [0.3, 0.4) is 0 Å². The van der Waals surface area contributed by atoms with Crippen molar-refractivity contribution in [3.05, 3.63) is 27.9 Å². The maximum atomic E-state index is 10.6. The predicted octanol–water partition coefficient (Wildman–Crippen LogP) is 1.62. The van der Waals surface area contributed by atoms with Gasteiger partial charge >= 0.3 is 0 Å². The minimum atomic E-state index is -0.398. The minimum Gasteiger partial charge on any atom is -0.363 e. The van der Waals surface area contributed by atoms with Gasteiger partial charge in [0, 0.05) is 19.7 Å². The van der Waals surface area contributed by atoms with E-state index in [2.05, 4.69) is 4.98 Å². The fraction of sp³-hybridized carbons (Fsp3) is 0.444. The Morgan fingerprint density at radius 3 is 2.64 bits per heavy atom. The molecule has 0 radical (unpaired) electrons. The molecule has 0 bridgehead atoms. The molecule has 0 amide bonds. The lowest BCUT2D eigenvalue weighted by Gasteiger charge is -2.11. The average molecular weight is 195 g/mol. The van der Waals surface area contributed by atoms with Crippen LogP contribution in [0.1, 0.15) is 12.5 Å². The van der Waals surface area contributed by atoms with Crippen molar-refractivity contribution in [3.8, 4) is 0 Å². The highest BCUT2D eigenvalue weighted by atomic mass is 16.6. The fourth-order valence-electron chi connectivity index (χ4n) is 1.17. The van der Waals surface area contributed by atoms with Crippen LogP contribution in [0.4, 0.5) is 11.5 Å². The van der Waals surface area contributed by atoms with E-state index in [-0.39, 0.29) is 5.69 Å². The molecule has 0 unspecified atom stereocenters. The SMILES string of the molecule is CCc1cc(N(C)C)ncc1[N+](=O)[O-]. The van der Waals surface area contributed by atoms with Crippen LogP contribution in [0, 0.1) is 10.1 Å². The van der Waals surface area contributed by atoms with Gasteiger partial charge in [-0.15, -0.1) is 0 Å². The van der Waals surface area contributed by atoms with Gasteiger partial charge in [-0.1, -0.05) is 6.92 Å². The third-order valence-corrected chi connectivity index (χ3v) is 1.99. The van der Waals surface area contributed by atoms with E-state index in [0.717, 1.165) is 5.82 Å². The van der Waals surface area contributed by atoms with Crippen LogP contribution in [0.25, 0.3) is 0 Å². The average Bonchev–Trinajstić information content (AvgIpc) is 2.16. The number of aromatic nitrogens is 1. The van der Waals surface area contributed by atoms with Gasteiger partial charge < -0.3 is 4.90 Å². The largest absolute Gasteiger partial charge is 0.363 e. The highest BCUT2D eigenvalue weighted by Gasteiger charge is 2.13. The summed E-state index contributed by atoms with van der Waals surface area (Å²) in [4.78, 5) is 16.0. The minimum absolute atomic E-state index is 0.0955. The molecular formula is C9H13N3O2. The smallest absolute Gasteiger partial charge is 0.290 e. The maximum Gasteiger partial charge on any atom is 0.290 e. The predicted molar refractivity (Wildman–Crippen MR) is 54.6 cm³/mol. The molecule has 0 spiro atoms. The summed E-state index contributed by atoms with van der Waals surface area (Å²) in [6.45, 7) is 1.89. The zero-order valence-corrected chi connectivity index (χ0v) is 8.52. The Kier molecular flexibility index (Phi) is 3.01. The molecule has 0 aliphatic carbocycles. The van der Waals surface area contributed by atoms with Crippen LogP contribution in [0.2, 0.25) is 0 Å². The molecular weight excluding hydrogens is 182 g/mol. The molecule has 1 heterocycles. The summed E-state index contributed by atoms with van der Waals surface area (Å²) in [6, 6.07) is 1.75. The molecule has 0 aliphatic rings. The molecule has 1 aromatic rings. The zero-order chi connectivity index (χ0) is 10.7. The number of nitrogens with zero attached hydrogens (tertiary/aromatic N) is 3. The van der Waals surface area contributed by atoms with E-state index in [1.807, 2.05) is 25.9 Å². The molecule has 0 saturated carbocycles. The normalized spacial score (nSPS) is 9.93. The van der Waals surface area contributed by atoms with Crippen LogP contribution >= 0.6 is 0 Å². The van der Waals surface area contributed by atoms with E-state index >= 15 is 0 Å². The molecule has 76 valence electrons. The van der Waals surface area contributed by atoms with E-state index in [4.69, 9.17) is 0 Å². The number of aryl methyl sites for hydroxylation is 1. The van der Waals surface area contributed by atoms with Gasteiger partial charge in [-0.2, -0.15) is 0 Å². The van der Waals surface area contributed by atoms with E-state index in [1.54, 1.807) is 6.07 Å². The van der Waals surface area contributed by atoms with Crippen LogP contribution in [0.5, 0.6) is 0 Å². The second-order valence-corrected chi connectivity index (χ2v) is 3.18. The lowest BCUT2D eigenvalue weighted by Crippen LogP contribution is -2.11. The van der Waals surface area contributed by atoms with Gasteiger partial charge in [0.25, 0.3) is 5.69 Å².